The van der Waals surface area contributed by atoms with Gasteiger partial charge in [-0.25, -0.2) is 0 Å². The van der Waals surface area contributed by atoms with Crippen molar-refractivity contribution in [3.05, 3.63) is 11.9 Å². The molecular formula is C20H38N2O2. The highest BCUT2D eigenvalue weighted by molar-refractivity contribution is 5.68. The zero-order valence-electron chi connectivity index (χ0n) is 16.3. The van der Waals surface area contributed by atoms with Crippen molar-refractivity contribution in [2.75, 3.05) is 20.2 Å². The van der Waals surface area contributed by atoms with E-state index in [1.54, 1.807) is 0 Å². The first-order chi connectivity index (χ1) is 11.6. The molecule has 0 aromatic heterocycles. The maximum atomic E-state index is 11.2. The predicted octanol–water partition coefficient (Wildman–Crippen LogP) is 4.61. The average molecular weight is 339 g/mol. The van der Waals surface area contributed by atoms with Gasteiger partial charge in [0.05, 0.1) is 18.5 Å². The molecule has 1 fully saturated rings. The van der Waals surface area contributed by atoms with Crippen LogP contribution in [0.25, 0.3) is 0 Å². The number of nitrogens with zero attached hydrogens (tertiary/aromatic N) is 1. The van der Waals surface area contributed by atoms with Crippen molar-refractivity contribution in [3.63, 3.8) is 0 Å². The van der Waals surface area contributed by atoms with Gasteiger partial charge in [-0.15, -0.1) is 0 Å². The number of carbonyl (C=O) groups is 1. The van der Waals surface area contributed by atoms with E-state index >= 15 is 0 Å². The zero-order valence-corrected chi connectivity index (χ0v) is 16.3. The van der Waals surface area contributed by atoms with Gasteiger partial charge in [-0.1, -0.05) is 46.0 Å². The third kappa shape index (κ3) is 6.74. The SMILES string of the molecule is C/C=C1\NC(CCCC)(CCCC)CN1CCCCCC(=O)OC. The number of rotatable bonds is 12. The second kappa shape index (κ2) is 11.4. The Morgan fingerprint density at radius 3 is 2.38 bits per heavy atom. The van der Waals surface area contributed by atoms with Gasteiger partial charge >= 0.3 is 5.97 Å². The molecule has 1 heterocycles. The normalized spacial score (nSPS) is 18.0. The van der Waals surface area contributed by atoms with Crippen molar-refractivity contribution < 1.29 is 9.53 Å². The molecule has 1 N–H and O–H groups in total. The number of hydrogen-bond acceptors (Lipinski definition) is 4. The van der Waals surface area contributed by atoms with Crippen molar-refractivity contribution in [2.45, 2.75) is 90.5 Å². The first kappa shape index (κ1) is 20.9. The van der Waals surface area contributed by atoms with Crippen LogP contribution in [0.15, 0.2) is 11.9 Å². The summed E-state index contributed by atoms with van der Waals surface area (Å²) in [6, 6.07) is 0. The van der Waals surface area contributed by atoms with Crippen LogP contribution in [0.3, 0.4) is 0 Å². The van der Waals surface area contributed by atoms with Crippen LogP contribution in [0.4, 0.5) is 0 Å². The van der Waals surface area contributed by atoms with Crippen LogP contribution < -0.4 is 5.32 Å². The van der Waals surface area contributed by atoms with Gasteiger partial charge in [0, 0.05) is 19.5 Å². The van der Waals surface area contributed by atoms with Crippen LogP contribution in [-0.2, 0) is 9.53 Å². The van der Waals surface area contributed by atoms with E-state index in [9.17, 15) is 4.79 Å². The monoisotopic (exact) mass is 338 g/mol. The zero-order chi connectivity index (χ0) is 17.8. The minimum Gasteiger partial charge on any atom is -0.469 e. The molecule has 4 heteroatoms. The summed E-state index contributed by atoms with van der Waals surface area (Å²) in [4.78, 5) is 13.7. The number of ether oxygens (including phenoxy) is 1. The molecular weight excluding hydrogens is 300 g/mol. The number of hydrogen-bond donors (Lipinski definition) is 1. The molecule has 0 bridgehead atoms. The summed E-state index contributed by atoms with van der Waals surface area (Å²) in [7, 11) is 1.46. The van der Waals surface area contributed by atoms with Crippen molar-refractivity contribution in [2.24, 2.45) is 0 Å². The second-order valence-electron chi connectivity index (χ2n) is 7.09. The smallest absolute Gasteiger partial charge is 0.305 e. The summed E-state index contributed by atoms with van der Waals surface area (Å²) in [5.74, 6) is 1.21. The van der Waals surface area contributed by atoms with E-state index in [0.29, 0.717) is 6.42 Å². The van der Waals surface area contributed by atoms with E-state index in [1.165, 1.54) is 51.5 Å². The number of allylic oxidation sites excluding steroid dienone is 1. The molecule has 0 saturated carbocycles. The van der Waals surface area contributed by atoms with E-state index in [1.807, 2.05) is 0 Å². The van der Waals surface area contributed by atoms with Gasteiger partial charge in [0.15, 0.2) is 0 Å². The van der Waals surface area contributed by atoms with E-state index in [0.717, 1.165) is 32.4 Å². The van der Waals surface area contributed by atoms with E-state index in [2.05, 4.69) is 37.1 Å². The molecule has 0 unspecified atom stereocenters. The quantitative estimate of drug-likeness (QED) is 0.417. The van der Waals surface area contributed by atoms with Crippen molar-refractivity contribution >= 4 is 5.97 Å². The minimum atomic E-state index is -0.0925. The molecule has 4 nitrogen and oxygen atoms in total. The molecule has 0 aromatic carbocycles. The van der Waals surface area contributed by atoms with E-state index < -0.39 is 0 Å². The van der Waals surface area contributed by atoms with Crippen LogP contribution in [-0.4, -0.2) is 36.6 Å². The summed E-state index contributed by atoms with van der Waals surface area (Å²) in [6.07, 6.45) is 13.5. The Morgan fingerprint density at radius 1 is 1.17 bits per heavy atom. The number of carbonyl (C=O) groups excluding carboxylic acids is 1. The maximum absolute atomic E-state index is 11.2. The summed E-state index contributed by atoms with van der Waals surface area (Å²) in [6.45, 7) is 8.88. The van der Waals surface area contributed by atoms with Gasteiger partial charge < -0.3 is 15.0 Å². The van der Waals surface area contributed by atoms with E-state index in [4.69, 9.17) is 4.74 Å². The molecule has 0 spiro atoms. The van der Waals surface area contributed by atoms with Crippen LogP contribution in [0.5, 0.6) is 0 Å². The van der Waals surface area contributed by atoms with Crippen molar-refractivity contribution in [1.29, 1.82) is 0 Å². The fourth-order valence-corrected chi connectivity index (χ4v) is 3.58. The molecule has 0 aliphatic carbocycles. The Bertz CT molecular complexity index is 385. The Balaban J connectivity index is 2.49. The van der Waals surface area contributed by atoms with E-state index in [-0.39, 0.29) is 11.5 Å². The lowest BCUT2D eigenvalue weighted by Gasteiger charge is -2.29. The number of unbranched alkanes of at least 4 members (excludes halogenated alkanes) is 4. The van der Waals surface area contributed by atoms with Crippen LogP contribution in [0.1, 0.15) is 85.0 Å². The van der Waals surface area contributed by atoms with Crippen molar-refractivity contribution in [1.82, 2.24) is 10.2 Å². The number of methoxy groups -OCH3 is 1. The van der Waals surface area contributed by atoms with Gasteiger partial charge in [-0.05, 0) is 38.7 Å². The molecule has 1 aliphatic rings. The molecule has 0 atom stereocenters. The van der Waals surface area contributed by atoms with Crippen LogP contribution >= 0.6 is 0 Å². The number of esters is 1. The molecule has 0 aromatic rings. The highest BCUT2D eigenvalue weighted by Crippen LogP contribution is 2.31. The van der Waals surface area contributed by atoms with Gasteiger partial charge in [0.1, 0.15) is 0 Å². The molecule has 24 heavy (non-hydrogen) atoms. The fourth-order valence-electron chi connectivity index (χ4n) is 3.58. The molecule has 0 amide bonds. The van der Waals surface area contributed by atoms with Crippen LogP contribution in [0.2, 0.25) is 0 Å². The third-order valence-electron chi connectivity index (χ3n) is 5.06. The van der Waals surface area contributed by atoms with Crippen molar-refractivity contribution in [3.8, 4) is 0 Å². The van der Waals surface area contributed by atoms with Gasteiger partial charge in [-0.2, -0.15) is 0 Å². The molecule has 0 radical (unpaired) electrons. The number of nitrogens with one attached hydrogen (secondary N) is 1. The lowest BCUT2D eigenvalue weighted by molar-refractivity contribution is -0.140. The second-order valence-corrected chi connectivity index (χ2v) is 7.09. The highest BCUT2D eigenvalue weighted by Gasteiger charge is 2.38. The standard InChI is InChI=1S/C20H38N2O2/c1-5-8-14-20(15-9-6-2)17-22(18(7-3)21-20)16-12-10-11-13-19(23)24-4/h7,21H,5-6,8-17H2,1-4H3/b18-7+. The highest BCUT2D eigenvalue weighted by atomic mass is 16.5. The van der Waals surface area contributed by atoms with Gasteiger partial charge in [0.2, 0.25) is 0 Å². The summed E-state index contributed by atoms with van der Waals surface area (Å²) < 4.78 is 4.70. The largest absolute Gasteiger partial charge is 0.469 e. The molecule has 1 aliphatic heterocycles. The van der Waals surface area contributed by atoms with Gasteiger partial charge in [0.25, 0.3) is 0 Å². The fraction of sp³-hybridized carbons (Fsp3) is 0.850. The summed E-state index contributed by atoms with van der Waals surface area (Å²) >= 11 is 0. The summed E-state index contributed by atoms with van der Waals surface area (Å²) in [5, 5.41) is 3.86. The minimum absolute atomic E-state index is 0.0925. The maximum Gasteiger partial charge on any atom is 0.305 e. The Labute approximate surface area is 149 Å². The Morgan fingerprint density at radius 2 is 1.83 bits per heavy atom. The topological polar surface area (TPSA) is 41.6 Å². The summed E-state index contributed by atoms with van der Waals surface area (Å²) in [5.41, 5.74) is 0.264. The van der Waals surface area contributed by atoms with Gasteiger partial charge in [-0.3, -0.25) is 4.79 Å². The first-order valence-electron chi connectivity index (χ1n) is 9.87. The predicted molar refractivity (Wildman–Crippen MR) is 101 cm³/mol. The lowest BCUT2D eigenvalue weighted by Crippen LogP contribution is -2.42. The molecule has 1 rings (SSSR count). The first-order valence-corrected chi connectivity index (χ1v) is 9.87. The third-order valence-corrected chi connectivity index (χ3v) is 5.06. The Kier molecular flexibility index (Phi) is 9.89. The Hall–Kier alpha value is -1.19. The molecule has 1 saturated heterocycles. The lowest BCUT2D eigenvalue weighted by atomic mass is 9.88. The average Bonchev–Trinajstić information content (AvgIpc) is 2.96. The molecule has 140 valence electrons. The van der Waals surface area contributed by atoms with Crippen LogP contribution in [0, 0.1) is 0 Å².